The lowest BCUT2D eigenvalue weighted by Crippen LogP contribution is -2.22. The van der Waals surface area contributed by atoms with Gasteiger partial charge in [-0.2, -0.15) is 5.10 Å². The average molecular weight is 353 g/mol. The van der Waals surface area contributed by atoms with E-state index >= 15 is 0 Å². The minimum absolute atomic E-state index is 0.0865. The fourth-order valence-electron chi connectivity index (χ4n) is 2.52. The van der Waals surface area contributed by atoms with Gasteiger partial charge in [0.25, 0.3) is 0 Å². The molecule has 26 heavy (non-hydrogen) atoms. The molecule has 0 atom stereocenters. The number of aromatic nitrogens is 4. The molecular formula is C18H19N5O3. The van der Waals surface area contributed by atoms with Crippen molar-refractivity contribution in [1.82, 2.24) is 19.3 Å². The van der Waals surface area contributed by atoms with Crippen molar-refractivity contribution in [2.24, 2.45) is 0 Å². The molecule has 0 saturated heterocycles. The molecule has 3 rings (SSSR count). The number of hydrogen-bond acceptors (Lipinski definition) is 5. The Morgan fingerprint density at radius 1 is 1.27 bits per heavy atom. The van der Waals surface area contributed by atoms with Crippen LogP contribution in [0, 0.1) is 6.92 Å². The summed E-state index contributed by atoms with van der Waals surface area (Å²) in [6.45, 7) is 2.47. The Morgan fingerprint density at radius 2 is 2.04 bits per heavy atom. The third-order valence-corrected chi connectivity index (χ3v) is 3.89. The van der Waals surface area contributed by atoms with Gasteiger partial charge in [-0.1, -0.05) is 12.1 Å². The van der Waals surface area contributed by atoms with Crippen LogP contribution in [0.15, 0.2) is 54.0 Å². The molecular weight excluding hydrogens is 334 g/mol. The molecule has 8 heteroatoms. The third kappa shape index (κ3) is 4.15. The number of rotatable bonds is 6. The van der Waals surface area contributed by atoms with Crippen molar-refractivity contribution in [3.8, 4) is 5.75 Å². The van der Waals surface area contributed by atoms with Gasteiger partial charge in [-0.15, -0.1) is 0 Å². The number of benzene rings is 1. The van der Waals surface area contributed by atoms with E-state index in [1.807, 2.05) is 24.3 Å². The number of carbonyl (C=O) groups excluding carboxylic acids is 1. The summed E-state index contributed by atoms with van der Waals surface area (Å²) < 4.78 is 8.42. The fourth-order valence-corrected chi connectivity index (χ4v) is 2.52. The van der Waals surface area contributed by atoms with Crippen molar-refractivity contribution in [3.63, 3.8) is 0 Å². The van der Waals surface area contributed by atoms with Gasteiger partial charge in [0, 0.05) is 17.4 Å². The van der Waals surface area contributed by atoms with Crippen LogP contribution in [0.4, 0.5) is 5.69 Å². The van der Waals surface area contributed by atoms with Crippen LogP contribution < -0.4 is 15.5 Å². The second-order valence-electron chi connectivity index (χ2n) is 5.81. The lowest BCUT2D eigenvalue weighted by Gasteiger charge is -2.12. The van der Waals surface area contributed by atoms with Crippen molar-refractivity contribution in [2.75, 3.05) is 12.4 Å². The molecule has 8 nitrogen and oxygen atoms in total. The highest BCUT2D eigenvalue weighted by Gasteiger charge is 2.08. The lowest BCUT2D eigenvalue weighted by molar-refractivity contribution is -0.116. The number of pyridine rings is 1. The largest absolute Gasteiger partial charge is 0.491 e. The van der Waals surface area contributed by atoms with Crippen LogP contribution in [-0.2, 0) is 17.9 Å². The van der Waals surface area contributed by atoms with Gasteiger partial charge in [0.05, 0.1) is 19.9 Å². The zero-order valence-electron chi connectivity index (χ0n) is 14.5. The summed E-state index contributed by atoms with van der Waals surface area (Å²) in [5, 5.41) is 6.90. The minimum Gasteiger partial charge on any atom is -0.491 e. The highest BCUT2D eigenvalue weighted by molar-refractivity contribution is 5.90. The Hall–Kier alpha value is -3.42. The maximum Gasteiger partial charge on any atom is 0.244 e. The standard InChI is InChI=1S/C18H19N5O3/c1-13-7-16(24)17(26-2)9-22(13)10-18(25)21-15-5-3-14(4-6-15)8-23-12-19-11-20-23/h3-7,9,11-12H,8,10H2,1-2H3,(H,21,25). The normalized spacial score (nSPS) is 10.5. The smallest absolute Gasteiger partial charge is 0.244 e. The first-order valence-electron chi connectivity index (χ1n) is 8.01. The molecule has 2 heterocycles. The zero-order chi connectivity index (χ0) is 18.5. The highest BCUT2D eigenvalue weighted by Crippen LogP contribution is 2.11. The number of nitrogens with one attached hydrogen (secondary N) is 1. The summed E-state index contributed by atoms with van der Waals surface area (Å²) in [6, 6.07) is 8.97. The second kappa shape index (κ2) is 7.64. The number of aryl methyl sites for hydroxylation is 1. The van der Waals surface area contributed by atoms with E-state index in [4.69, 9.17) is 4.74 Å². The van der Waals surface area contributed by atoms with Crippen LogP contribution >= 0.6 is 0 Å². The van der Waals surface area contributed by atoms with Crippen LogP contribution in [0.3, 0.4) is 0 Å². The van der Waals surface area contributed by atoms with E-state index in [9.17, 15) is 9.59 Å². The van der Waals surface area contributed by atoms with E-state index in [1.165, 1.54) is 19.5 Å². The number of nitrogens with zero attached hydrogens (tertiary/aromatic N) is 4. The van der Waals surface area contributed by atoms with Crippen molar-refractivity contribution in [3.05, 3.63) is 70.7 Å². The van der Waals surface area contributed by atoms with E-state index in [1.54, 1.807) is 28.7 Å². The van der Waals surface area contributed by atoms with Crippen LogP contribution in [0.1, 0.15) is 11.3 Å². The Labute approximate surface area is 150 Å². The minimum atomic E-state index is -0.204. The van der Waals surface area contributed by atoms with Crippen LogP contribution in [0.5, 0.6) is 5.75 Å². The highest BCUT2D eigenvalue weighted by atomic mass is 16.5. The molecule has 1 N–H and O–H groups in total. The number of anilines is 1. The van der Waals surface area contributed by atoms with Crippen LogP contribution in [0.25, 0.3) is 0 Å². The molecule has 0 aliphatic heterocycles. The van der Waals surface area contributed by atoms with Gasteiger partial charge in [-0.3, -0.25) is 9.59 Å². The van der Waals surface area contributed by atoms with Gasteiger partial charge in [0.15, 0.2) is 5.75 Å². The van der Waals surface area contributed by atoms with E-state index in [2.05, 4.69) is 15.4 Å². The molecule has 0 spiro atoms. The van der Waals surface area contributed by atoms with E-state index in [0.717, 1.165) is 5.56 Å². The van der Waals surface area contributed by atoms with Gasteiger partial charge in [-0.05, 0) is 24.6 Å². The molecule has 0 aliphatic carbocycles. The summed E-state index contributed by atoms with van der Waals surface area (Å²) in [5.41, 5.74) is 2.23. The molecule has 0 bridgehead atoms. The molecule has 1 aromatic carbocycles. The zero-order valence-corrected chi connectivity index (χ0v) is 14.5. The number of amides is 1. The topological polar surface area (TPSA) is 91.0 Å². The molecule has 3 aromatic rings. The van der Waals surface area contributed by atoms with Gasteiger partial charge in [0.1, 0.15) is 19.2 Å². The number of ether oxygens (including phenoxy) is 1. The molecule has 0 radical (unpaired) electrons. The summed E-state index contributed by atoms with van der Waals surface area (Å²) >= 11 is 0. The summed E-state index contributed by atoms with van der Waals surface area (Å²) in [7, 11) is 1.43. The fraction of sp³-hybridized carbons (Fsp3) is 0.222. The molecule has 134 valence electrons. The van der Waals surface area contributed by atoms with Crippen molar-refractivity contribution in [2.45, 2.75) is 20.0 Å². The molecule has 2 aromatic heterocycles. The Bertz CT molecular complexity index is 946. The summed E-state index contributed by atoms with van der Waals surface area (Å²) in [6.07, 6.45) is 4.68. The van der Waals surface area contributed by atoms with Crippen LogP contribution in [-0.4, -0.2) is 32.3 Å². The number of hydrogen-bond donors (Lipinski definition) is 1. The summed E-state index contributed by atoms with van der Waals surface area (Å²) in [4.78, 5) is 27.9. The predicted molar refractivity (Wildman–Crippen MR) is 96.2 cm³/mol. The Kier molecular flexibility index (Phi) is 5.12. The molecule has 0 saturated carbocycles. The monoisotopic (exact) mass is 353 g/mol. The Morgan fingerprint density at radius 3 is 2.69 bits per heavy atom. The summed E-state index contributed by atoms with van der Waals surface area (Å²) in [5.74, 6) is 0.0173. The molecule has 0 fully saturated rings. The van der Waals surface area contributed by atoms with E-state index in [0.29, 0.717) is 17.9 Å². The van der Waals surface area contributed by atoms with Gasteiger partial charge in [0.2, 0.25) is 11.3 Å². The van der Waals surface area contributed by atoms with Crippen molar-refractivity contribution < 1.29 is 9.53 Å². The van der Waals surface area contributed by atoms with Gasteiger partial charge in [-0.25, -0.2) is 9.67 Å². The van der Waals surface area contributed by atoms with Gasteiger partial charge < -0.3 is 14.6 Å². The second-order valence-corrected chi connectivity index (χ2v) is 5.81. The molecule has 0 unspecified atom stereocenters. The SMILES string of the molecule is COc1cn(CC(=O)Nc2ccc(Cn3cncn3)cc2)c(C)cc1=O. The molecule has 1 amide bonds. The Balaban J connectivity index is 1.64. The van der Waals surface area contributed by atoms with Gasteiger partial charge >= 0.3 is 0 Å². The predicted octanol–water partition coefficient (Wildman–Crippen LogP) is 1.44. The number of carbonyl (C=O) groups is 1. The lowest BCUT2D eigenvalue weighted by atomic mass is 10.2. The van der Waals surface area contributed by atoms with Crippen molar-refractivity contribution in [1.29, 1.82) is 0 Å². The average Bonchev–Trinajstić information content (AvgIpc) is 3.12. The maximum absolute atomic E-state index is 12.3. The first kappa shape index (κ1) is 17.4. The van der Waals surface area contributed by atoms with E-state index in [-0.39, 0.29) is 23.6 Å². The molecule has 0 aliphatic rings. The van der Waals surface area contributed by atoms with E-state index < -0.39 is 0 Å². The van der Waals surface area contributed by atoms with Crippen LogP contribution in [0.2, 0.25) is 0 Å². The van der Waals surface area contributed by atoms with Crippen molar-refractivity contribution >= 4 is 11.6 Å². The quantitative estimate of drug-likeness (QED) is 0.724. The maximum atomic E-state index is 12.3. The third-order valence-electron chi connectivity index (χ3n) is 3.89. The first-order chi connectivity index (χ1) is 12.5. The number of methoxy groups -OCH3 is 1. The first-order valence-corrected chi connectivity index (χ1v) is 8.01.